The van der Waals surface area contributed by atoms with E-state index in [0.29, 0.717) is 11.3 Å². The van der Waals surface area contributed by atoms with E-state index in [1.807, 2.05) is 19.1 Å². The van der Waals surface area contributed by atoms with Crippen LogP contribution < -0.4 is 5.32 Å². The first-order chi connectivity index (χ1) is 10.3. The number of aryl methyl sites for hydroxylation is 1. The lowest BCUT2D eigenvalue weighted by atomic mass is 10.2. The number of benzene rings is 2. The molecular formula is C16H16BrNO3S. The Morgan fingerprint density at radius 2 is 1.86 bits per heavy atom. The lowest BCUT2D eigenvalue weighted by Gasteiger charge is -2.07. The molecule has 6 heteroatoms. The van der Waals surface area contributed by atoms with Crippen LogP contribution in [0.15, 0.2) is 53.0 Å². The van der Waals surface area contributed by atoms with Crippen molar-refractivity contribution in [2.75, 3.05) is 11.1 Å². The summed E-state index contributed by atoms with van der Waals surface area (Å²) in [4.78, 5) is 11.9. The SMILES string of the molecule is Cc1cccc(NC(=O)CS(=O)(=O)Cc2cccc(Br)c2)c1. The molecule has 0 aromatic heterocycles. The molecule has 2 aromatic rings. The second-order valence-electron chi connectivity index (χ2n) is 5.08. The molecule has 0 unspecified atom stereocenters. The molecule has 116 valence electrons. The van der Waals surface area contributed by atoms with Crippen molar-refractivity contribution in [2.45, 2.75) is 12.7 Å². The highest BCUT2D eigenvalue weighted by atomic mass is 79.9. The lowest BCUT2D eigenvalue weighted by molar-refractivity contribution is -0.113. The predicted molar refractivity (Wildman–Crippen MR) is 91.4 cm³/mol. The standard InChI is InChI=1S/C16H16BrNO3S/c1-12-4-2-7-15(8-12)18-16(19)11-22(20,21)10-13-5-3-6-14(17)9-13/h2-9H,10-11H2,1H3,(H,18,19). The maximum Gasteiger partial charge on any atom is 0.239 e. The van der Waals surface area contributed by atoms with Crippen molar-refractivity contribution in [1.29, 1.82) is 0 Å². The van der Waals surface area contributed by atoms with E-state index in [2.05, 4.69) is 21.2 Å². The van der Waals surface area contributed by atoms with Crippen molar-refractivity contribution in [3.8, 4) is 0 Å². The highest BCUT2D eigenvalue weighted by Crippen LogP contribution is 2.15. The highest BCUT2D eigenvalue weighted by molar-refractivity contribution is 9.10. The molecule has 0 fully saturated rings. The van der Waals surface area contributed by atoms with E-state index in [9.17, 15) is 13.2 Å². The van der Waals surface area contributed by atoms with Gasteiger partial charge >= 0.3 is 0 Å². The van der Waals surface area contributed by atoms with Gasteiger partial charge in [0.05, 0.1) is 5.75 Å². The Balaban J connectivity index is 2.00. The topological polar surface area (TPSA) is 63.2 Å². The van der Waals surface area contributed by atoms with E-state index in [0.717, 1.165) is 10.0 Å². The van der Waals surface area contributed by atoms with E-state index >= 15 is 0 Å². The van der Waals surface area contributed by atoms with E-state index in [1.54, 1.807) is 36.4 Å². The largest absolute Gasteiger partial charge is 0.325 e. The van der Waals surface area contributed by atoms with Crippen LogP contribution in [0.1, 0.15) is 11.1 Å². The maximum absolute atomic E-state index is 12.1. The Kier molecular flexibility index (Phi) is 5.37. The van der Waals surface area contributed by atoms with E-state index < -0.39 is 21.5 Å². The summed E-state index contributed by atoms with van der Waals surface area (Å²) in [5, 5.41) is 2.61. The van der Waals surface area contributed by atoms with E-state index in [4.69, 9.17) is 0 Å². The Bertz CT molecular complexity index is 787. The first-order valence-corrected chi connectivity index (χ1v) is 9.27. The smallest absolute Gasteiger partial charge is 0.239 e. The third-order valence-electron chi connectivity index (χ3n) is 2.93. The number of halogens is 1. The fourth-order valence-electron chi connectivity index (χ4n) is 2.05. The third kappa shape index (κ3) is 5.27. The molecule has 2 aromatic carbocycles. The molecule has 0 spiro atoms. The van der Waals surface area contributed by atoms with Crippen LogP contribution in [0.2, 0.25) is 0 Å². The van der Waals surface area contributed by atoms with E-state index in [-0.39, 0.29) is 5.75 Å². The minimum Gasteiger partial charge on any atom is -0.325 e. The van der Waals surface area contributed by atoms with Gasteiger partial charge < -0.3 is 5.32 Å². The molecule has 1 amide bonds. The van der Waals surface area contributed by atoms with Crippen LogP contribution in [0.5, 0.6) is 0 Å². The molecule has 0 radical (unpaired) electrons. The molecule has 0 heterocycles. The minimum atomic E-state index is -3.51. The molecule has 0 aliphatic rings. The first-order valence-electron chi connectivity index (χ1n) is 6.65. The van der Waals surface area contributed by atoms with Gasteiger partial charge in [0.15, 0.2) is 9.84 Å². The molecule has 0 aliphatic heterocycles. The van der Waals surface area contributed by atoms with Crippen molar-refractivity contribution >= 4 is 37.4 Å². The molecule has 1 N–H and O–H groups in total. The van der Waals surface area contributed by atoms with Gasteiger partial charge in [-0.05, 0) is 42.3 Å². The number of anilines is 1. The van der Waals surface area contributed by atoms with E-state index in [1.165, 1.54) is 0 Å². The van der Waals surface area contributed by atoms with Crippen molar-refractivity contribution in [1.82, 2.24) is 0 Å². The zero-order valence-electron chi connectivity index (χ0n) is 12.0. The van der Waals surface area contributed by atoms with Gasteiger partial charge in [0.25, 0.3) is 0 Å². The molecule has 4 nitrogen and oxygen atoms in total. The van der Waals surface area contributed by atoms with Crippen molar-refractivity contribution in [2.24, 2.45) is 0 Å². The summed E-state index contributed by atoms with van der Waals surface area (Å²) in [6, 6.07) is 14.3. The molecule has 0 bridgehead atoms. The van der Waals surface area contributed by atoms with Crippen LogP contribution in [-0.2, 0) is 20.4 Å². The molecule has 22 heavy (non-hydrogen) atoms. The maximum atomic E-state index is 12.1. The van der Waals surface area contributed by atoms with Gasteiger partial charge in [-0.2, -0.15) is 0 Å². The highest BCUT2D eigenvalue weighted by Gasteiger charge is 2.17. The minimum absolute atomic E-state index is 0.159. The summed E-state index contributed by atoms with van der Waals surface area (Å²) in [5.41, 5.74) is 2.25. The van der Waals surface area contributed by atoms with Crippen molar-refractivity contribution < 1.29 is 13.2 Å². The van der Waals surface area contributed by atoms with Gasteiger partial charge in [0.2, 0.25) is 5.91 Å². The van der Waals surface area contributed by atoms with Gasteiger partial charge in [-0.15, -0.1) is 0 Å². The van der Waals surface area contributed by atoms with Gasteiger partial charge in [-0.1, -0.05) is 40.2 Å². The first kappa shape index (κ1) is 16.7. The quantitative estimate of drug-likeness (QED) is 0.863. The zero-order valence-corrected chi connectivity index (χ0v) is 14.4. The predicted octanol–water partition coefficient (Wildman–Crippen LogP) is 3.31. The van der Waals surface area contributed by atoms with Gasteiger partial charge in [-0.25, -0.2) is 8.42 Å². The number of sulfone groups is 1. The fraction of sp³-hybridized carbons (Fsp3) is 0.188. The second kappa shape index (κ2) is 7.07. The Morgan fingerprint density at radius 3 is 2.55 bits per heavy atom. The Hall–Kier alpha value is -1.66. The van der Waals surface area contributed by atoms with Crippen molar-refractivity contribution in [3.63, 3.8) is 0 Å². The average Bonchev–Trinajstić information content (AvgIpc) is 2.36. The normalized spacial score (nSPS) is 11.2. The molecule has 0 saturated heterocycles. The Morgan fingerprint density at radius 1 is 1.14 bits per heavy atom. The summed E-state index contributed by atoms with van der Waals surface area (Å²) in [5.74, 6) is -1.22. The van der Waals surface area contributed by atoms with Crippen LogP contribution in [0.4, 0.5) is 5.69 Å². The molecular weight excluding hydrogens is 366 g/mol. The lowest BCUT2D eigenvalue weighted by Crippen LogP contribution is -2.24. The average molecular weight is 382 g/mol. The number of carbonyl (C=O) groups excluding carboxylic acids is 1. The summed E-state index contributed by atoms with van der Waals surface area (Å²) in [6.45, 7) is 1.90. The summed E-state index contributed by atoms with van der Waals surface area (Å²) in [7, 11) is -3.51. The zero-order chi connectivity index (χ0) is 16.2. The van der Waals surface area contributed by atoms with Gasteiger partial charge in [0, 0.05) is 10.2 Å². The molecule has 2 rings (SSSR count). The summed E-state index contributed by atoms with van der Waals surface area (Å²) in [6.07, 6.45) is 0. The number of hydrogen-bond donors (Lipinski definition) is 1. The molecule has 0 aliphatic carbocycles. The Labute approximate surface area is 138 Å². The molecule has 0 saturated carbocycles. The monoisotopic (exact) mass is 381 g/mol. The van der Waals surface area contributed by atoms with Crippen LogP contribution in [0.3, 0.4) is 0 Å². The second-order valence-corrected chi connectivity index (χ2v) is 8.06. The van der Waals surface area contributed by atoms with Crippen LogP contribution in [0.25, 0.3) is 0 Å². The van der Waals surface area contributed by atoms with Crippen LogP contribution in [-0.4, -0.2) is 20.1 Å². The number of rotatable bonds is 5. The van der Waals surface area contributed by atoms with Crippen LogP contribution in [0, 0.1) is 6.92 Å². The molecule has 0 atom stereocenters. The van der Waals surface area contributed by atoms with Crippen LogP contribution >= 0.6 is 15.9 Å². The number of hydrogen-bond acceptors (Lipinski definition) is 3. The van der Waals surface area contributed by atoms with Crippen molar-refractivity contribution in [3.05, 3.63) is 64.1 Å². The van der Waals surface area contributed by atoms with Gasteiger partial charge in [0.1, 0.15) is 5.75 Å². The summed E-state index contributed by atoms with van der Waals surface area (Å²) < 4.78 is 25.0. The fourth-order valence-corrected chi connectivity index (χ4v) is 3.76. The van der Waals surface area contributed by atoms with Gasteiger partial charge in [-0.3, -0.25) is 4.79 Å². The summed E-state index contributed by atoms with van der Waals surface area (Å²) >= 11 is 3.30. The third-order valence-corrected chi connectivity index (χ3v) is 4.90. The number of nitrogens with one attached hydrogen (secondary N) is 1. The number of amides is 1. The number of carbonyl (C=O) groups is 1.